The van der Waals surface area contributed by atoms with Crippen LogP contribution >= 0.6 is 11.8 Å². The van der Waals surface area contributed by atoms with E-state index in [0.717, 1.165) is 17.0 Å². The molecule has 0 unspecified atom stereocenters. The first-order chi connectivity index (χ1) is 10.9. The fourth-order valence-corrected chi connectivity index (χ4v) is 4.66. The largest absolute Gasteiger partial charge is 0.477 e. The number of aromatic amines is 1. The Morgan fingerprint density at radius 2 is 2.30 bits per heavy atom. The highest BCUT2D eigenvalue weighted by Crippen LogP contribution is 2.50. The van der Waals surface area contributed by atoms with Crippen molar-refractivity contribution in [3.8, 4) is 0 Å². The van der Waals surface area contributed by atoms with Gasteiger partial charge in [-0.1, -0.05) is 6.92 Å². The van der Waals surface area contributed by atoms with Crippen LogP contribution in [0.4, 0.5) is 0 Å². The Kier molecular flexibility index (Phi) is 4.20. The molecule has 3 N–H and O–H groups in total. The van der Waals surface area contributed by atoms with Crippen LogP contribution in [0.15, 0.2) is 23.1 Å². The quantitative estimate of drug-likeness (QED) is 0.664. The molecule has 2 aliphatic heterocycles. The van der Waals surface area contributed by atoms with Gasteiger partial charge in [0.05, 0.1) is 30.1 Å². The highest BCUT2D eigenvalue weighted by Gasteiger charge is 2.59. The van der Waals surface area contributed by atoms with E-state index in [9.17, 15) is 19.8 Å². The number of carboxylic acids is 1. The van der Waals surface area contributed by atoms with Crippen molar-refractivity contribution in [3.63, 3.8) is 0 Å². The molecule has 8 heteroatoms. The van der Waals surface area contributed by atoms with Crippen LogP contribution in [0, 0.1) is 11.8 Å². The van der Waals surface area contributed by atoms with E-state index in [4.69, 9.17) is 0 Å². The number of carbonyl (C=O) groups is 2. The second kappa shape index (κ2) is 6.01. The summed E-state index contributed by atoms with van der Waals surface area (Å²) < 4.78 is 0. The van der Waals surface area contributed by atoms with Crippen molar-refractivity contribution in [3.05, 3.63) is 28.8 Å². The molecule has 0 spiro atoms. The van der Waals surface area contributed by atoms with Crippen LogP contribution in [0.1, 0.15) is 19.5 Å². The normalized spacial score (nSPS) is 27.9. The summed E-state index contributed by atoms with van der Waals surface area (Å²) in [4.78, 5) is 32.9. The van der Waals surface area contributed by atoms with E-state index >= 15 is 0 Å². The number of thioether (sulfide) groups is 1. The van der Waals surface area contributed by atoms with Crippen LogP contribution < -0.4 is 0 Å². The summed E-state index contributed by atoms with van der Waals surface area (Å²) in [7, 11) is 0. The SMILES string of the molecule is C[C@@H](O)[C@H]1C(=O)N2C(C(=O)O)=C(SCCc3c[nH]cn3)[C@H](C)[C@H]12. The number of carbonyl (C=O) groups excluding carboxylic acids is 1. The number of aryl methyl sites for hydroxylation is 1. The average molecular weight is 337 g/mol. The summed E-state index contributed by atoms with van der Waals surface area (Å²) in [6.07, 6.45) is 3.37. The standard InChI is InChI=1S/C15H19N3O4S/c1-7-11-10(8(2)19)14(20)18(11)12(15(21)22)13(7)23-4-3-9-5-16-6-17-9/h5-8,10-11,19H,3-4H2,1-2H3,(H,16,17)(H,21,22)/t7-,8-,10-,11-/m1/s1. The Balaban J connectivity index is 1.77. The maximum Gasteiger partial charge on any atom is 0.353 e. The third kappa shape index (κ3) is 2.55. The Labute approximate surface area is 137 Å². The van der Waals surface area contributed by atoms with Gasteiger partial charge in [0, 0.05) is 29.2 Å². The molecule has 1 amide bonds. The number of H-pyrrole nitrogens is 1. The van der Waals surface area contributed by atoms with Gasteiger partial charge >= 0.3 is 5.97 Å². The number of hydrogen-bond donors (Lipinski definition) is 3. The number of aliphatic carboxylic acids is 1. The zero-order valence-electron chi connectivity index (χ0n) is 12.9. The lowest BCUT2D eigenvalue weighted by Gasteiger charge is -2.46. The Hall–Kier alpha value is -1.80. The first-order valence-corrected chi connectivity index (χ1v) is 8.51. The third-order valence-corrected chi connectivity index (χ3v) is 5.77. The molecular weight excluding hydrogens is 318 g/mol. The molecule has 3 heterocycles. The Morgan fingerprint density at radius 3 is 2.87 bits per heavy atom. The number of nitrogens with one attached hydrogen (secondary N) is 1. The number of carboxylic acid groups (broad SMARTS) is 1. The first kappa shape index (κ1) is 16.1. The van der Waals surface area contributed by atoms with Gasteiger partial charge in [-0.3, -0.25) is 4.79 Å². The molecule has 0 aromatic carbocycles. The van der Waals surface area contributed by atoms with Crippen molar-refractivity contribution in [2.45, 2.75) is 32.4 Å². The number of rotatable bonds is 6. The fraction of sp³-hybridized carbons (Fsp3) is 0.533. The van der Waals surface area contributed by atoms with E-state index < -0.39 is 18.0 Å². The van der Waals surface area contributed by atoms with Crippen molar-refractivity contribution in [1.82, 2.24) is 14.9 Å². The van der Waals surface area contributed by atoms with E-state index in [1.807, 2.05) is 13.1 Å². The summed E-state index contributed by atoms with van der Waals surface area (Å²) in [6.45, 7) is 3.50. The van der Waals surface area contributed by atoms with Gasteiger partial charge in [-0.25, -0.2) is 9.78 Å². The molecule has 1 aromatic heterocycles. The molecule has 23 heavy (non-hydrogen) atoms. The van der Waals surface area contributed by atoms with Crippen LogP contribution in [0.25, 0.3) is 0 Å². The predicted octanol–water partition coefficient (Wildman–Crippen LogP) is 0.839. The summed E-state index contributed by atoms with van der Waals surface area (Å²) in [6, 6.07) is -0.249. The summed E-state index contributed by atoms with van der Waals surface area (Å²) in [5.41, 5.74) is 0.998. The minimum absolute atomic E-state index is 0.0800. The minimum atomic E-state index is -1.08. The number of imidazole rings is 1. The maximum absolute atomic E-state index is 12.2. The van der Waals surface area contributed by atoms with Crippen molar-refractivity contribution in [1.29, 1.82) is 0 Å². The maximum atomic E-state index is 12.2. The zero-order chi connectivity index (χ0) is 16.7. The topological polar surface area (TPSA) is 107 Å². The van der Waals surface area contributed by atoms with Gasteiger partial charge in [0.2, 0.25) is 5.91 Å². The van der Waals surface area contributed by atoms with E-state index in [2.05, 4.69) is 9.97 Å². The van der Waals surface area contributed by atoms with Crippen molar-refractivity contribution >= 4 is 23.6 Å². The molecule has 1 saturated heterocycles. The molecule has 0 saturated carbocycles. The number of β-lactam (4-membered cyclic amide) rings is 1. The smallest absolute Gasteiger partial charge is 0.353 e. The minimum Gasteiger partial charge on any atom is -0.477 e. The molecule has 1 fully saturated rings. The number of nitrogens with zero attached hydrogens (tertiary/aromatic N) is 2. The molecular formula is C15H19N3O4S. The zero-order valence-corrected chi connectivity index (χ0v) is 13.7. The highest BCUT2D eigenvalue weighted by molar-refractivity contribution is 8.03. The van der Waals surface area contributed by atoms with E-state index in [-0.39, 0.29) is 23.6 Å². The number of fused-ring (bicyclic) bond motifs is 1. The third-order valence-electron chi connectivity index (χ3n) is 4.48. The summed E-state index contributed by atoms with van der Waals surface area (Å²) in [5, 5.41) is 19.3. The van der Waals surface area contributed by atoms with Crippen LogP contribution in [0.5, 0.6) is 0 Å². The number of aliphatic hydroxyl groups excluding tert-OH is 1. The molecule has 2 aliphatic rings. The molecule has 124 valence electrons. The number of hydrogen-bond acceptors (Lipinski definition) is 5. The fourth-order valence-electron chi connectivity index (χ4n) is 3.41. The molecule has 4 atom stereocenters. The Morgan fingerprint density at radius 1 is 1.57 bits per heavy atom. The molecule has 0 bridgehead atoms. The molecule has 0 aliphatic carbocycles. The monoisotopic (exact) mass is 337 g/mol. The van der Waals surface area contributed by atoms with Crippen LogP contribution in [0.2, 0.25) is 0 Å². The van der Waals surface area contributed by atoms with E-state index in [1.165, 1.54) is 16.7 Å². The average Bonchev–Trinajstić information content (AvgIpc) is 3.05. The van der Waals surface area contributed by atoms with E-state index in [1.54, 1.807) is 13.3 Å². The highest BCUT2D eigenvalue weighted by atomic mass is 32.2. The predicted molar refractivity (Wildman–Crippen MR) is 84.4 cm³/mol. The summed E-state index contributed by atoms with van der Waals surface area (Å²) in [5.74, 6) is -1.28. The lowest BCUT2D eigenvalue weighted by molar-refractivity contribution is -0.163. The van der Waals surface area contributed by atoms with Gasteiger partial charge in [0.15, 0.2) is 0 Å². The lowest BCUT2D eigenvalue weighted by atomic mass is 9.79. The van der Waals surface area contributed by atoms with Gasteiger partial charge in [0.25, 0.3) is 0 Å². The molecule has 7 nitrogen and oxygen atoms in total. The summed E-state index contributed by atoms with van der Waals surface area (Å²) >= 11 is 1.46. The lowest BCUT2D eigenvalue weighted by Crippen LogP contribution is -2.63. The second-order valence-corrected chi connectivity index (χ2v) is 7.07. The Bertz CT molecular complexity index is 656. The van der Waals surface area contributed by atoms with Gasteiger partial charge in [-0.05, 0) is 6.92 Å². The van der Waals surface area contributed by atoms with Crippen molar-refractivity contribution < 1.29 is 19.8 Å². The molecule has 0 radical (unpaired) electrons. The first-order valence-electron chi connectivity index (χ1n) is 7.52. The van der Waals surface area contributed by atoms with Crippen LogP contribution in [0.3, 0.4) is 0 Å². The van der Waals surface area contributed by atoms with Gasteiger partial charge < -0.3 is 20.1 Å². The number of aliphatic hydroxyl groups is 1. The molecule has 3 rings (SSSR count). The number of aromatic nitrogens is 2. The van der Waals surface area contributed by atoms with Crippen molar-refractivity contribution in [2.75, 3.05) is 5.75 Å². The second-order valence-electron chi connectivity index (χ2n) is 5.93. The van der Waals surface area contributed by atoms with Gasteiger partial charge in [-0.2, -0.15) is 0 Å². The van der Waals surface area contributed by atoms with Gasteiger partial charge in [-0.15, -0.1) is 11.8 Å². The molecule has 1 aromatic rings. The van der Waals surface area contributed by atoms with Crippen molar-refractivity contribution in [2.24, 2.45) is 11.8 Å². The number of amides is 1. The van der Waals surface area contributed by atoms with Crippen LogP contribution in [-0.4, -0.2) is 54.9 Å². The van der Waals surface area contributed by atoms with E-state index in [0.29, 0.717) is 5.75 Å². The van der Waals surface area contributed by atoms with Gasteiger partial charge in [0.1, 0.15) is 5.70 Å². The van der Waals surface area contributed by atoms with Crippen LogP contribution in [-0.2, 0) is 16.0 Å².